The van der Waals surface area contributed by atoms with E-state index in [0.717, 1.165) is 25.1 Å². The second-order valence-electron chi connectivity index (χ2n) is 4.37. The number of aliphatic hydroxyl groups excluding tert-OH is 1. The molecule has 0 spiro atoms. The van der Waals surface area contributed by atoms with E-state index >= 15 is 0 Å². The first kappa shape index (κ1) is 12.9. The quantitative estimate of drug-likeness (QED) is 0.830. The average molecular weight is 271 g/mol. The molecule has 0 aromatic carbocycles. The molecular weight excluding hydrogens is 254 g/mol. The molecule has 5 heteroatoms. The van der Waals surface area contributed by atoms with E-state index in [-0.39, 0.29) is 12.0 Å². The highest BCUT2D eigenvalue weighted by atomic mass is 32.2. The smallest absolute Gasteiger partial charge is 0.230 e. The number of thioether (sulfide) groups is 1. The van der Waals surface area contributed by atoms with Crippen molar-refractivity contribution in [2.75, 3.05) is 12.3 Å². The predicted octanol–water partition coefficient (Wildman–Crippen LogP) is 1.87. The van der Waals surface area contributed by atoms with Crippen LogP contribution in [0.15, 0.2) is 17.5 Å². The fourth-order valence-electron chi connectivity index (χ4n) is 1.82. The van der Waals surface area contributed by atoms with Crippen molar-refractivity contribution in [1.82, 2.24) is 5.32 Å². The highest BCUT2D eigenvalue weighted by molar-refractivity contribution is 7.99. The summed E-state index contributed by atoms with van der Waals surface area (Å²) in [6.07, 6.45) is 1.54. The van der Waals surface area contributed by atoms with Gasteiger partial charge in [0.2, 0.25) is 5.91 Å². The summed E-state index contributed by atoms with van der Waals surface area (Å²) < 4.78 is 0. The number of nitrogens with one attached hydrogen (secondary N) is 1. The summed E-state index contributed by atoms with van der Waals surface area (Å²) in [4.78, 5) is 12.8. The van der Waals surface area contributed by atoms with Crippen LogP contribution in [0.2, 0.25) is 0 Å². The first-order valence-electron chi connectivity index (χ1n) is 5.79. The lowest BCUT2D eigenvalue weighted by Gasteiger charge is -2.31. The molecule has 1 fully saturated rings. The molecule has 1 heterocycles. The number of rotatable bonds is 6. The molecule has 1 aromatic heterocycles. The zero-order chi connectivity index (χ0) is 12.1. The summed E-state index contributed by atoms with van der Waals surface area (Å²) in [6, 6.07) is 4.12. The second kappa shape index (κ2) is 6.42. The van der Waals surface area contributed by atoms with Gasteiger partial charge in [0.15, 0.2) is 0 Å². The normalized spacial score (nSPS) is 23.1. The Hall–Kier alpha value is -0.520. The van der Waals surface area contributed by atoms with Crippen LogP contribution in [0.1, 0.15) is 17.7 Å². The monoisotopic (exact) mass is 271 g/mol. The maximum atomic E-state index is 11.5. The molecule has 17 heavy (non-hydrogen) atoms. The van der Waals surface area contributed by atoms with E-state index < -0.39 is 0 Å². The van der Waals surface area contributed by atoms with E-state index in [1.165, 1.54) is 4.88 Å². The van der Waals surface area contributed by atoms with E-state index in [0.29, 0.717) is 11.7 Å². The van der Waals surface area contributed by atoms with Gasteiger partial charge in [0.25, 0.3) is 0 Å². The third-order valence-corrected chi connectivity index (χ3v) is 4.90. The molecule has 1 saturated carbocycles. The van der Waals surface area contributed by atoms with Crippen molar-refractivity contribution in [3.63, 3.8) is 0 Å². The van der Waals surface area contributed by atoms with E-state index in [2.05, 4.69) is 16.8 Å². The molecule has 2 rings (SSSR count). The van der Waals surface area contributed by atoms with Gasteiger partial charge in [-0.2, -0.15) is 0 Å². The van der Waals surface area contributed by atoms with Gasteiger partial charge in [-0.1, -0.05) is 6.07 Å². The highest BCUT2D eigenvalue weighted by Crippen LogP contribution is 2.26. The number of carbonyl (C=O) groups excluding carboxylic acids is 1. The molecule has 1 aliphatic rings. The Morgan fingerprint density at radius 2 is 2.41 bits per heavy atom. The Morgan fingerprint density at radius 3 is 3.06 bits per heavy atom. The van der Waals surface area contributed by atoms with E-state index in [9.17, 15) is 4.79 Å². The van der Waals surface area contributed by atoms with Crippen LogP contribution in [0.3, 0.4) is 0 Å². The van der Waals surface area contributed by atoms with Crippen LogP contribution >= 0.6 is 23.1 Å². The number of hydrogen-bond donors (Lipinski definition) is 2. The van der Waals surface area contributed by atoms with Gasteiger partial charge in [0.1, 0.15) is 0 Å². The molecule has 0 saturated heterocycles. The van der Waals surface area contributed by atoms with Crippen LogP contribution in [-0.4, -0.2) is 29.4 Å². The van der Waals surface area contributed by atoms with Crippen molar-refractivity contribution >= 4 is 29.0 Å². The van der Waals surface area contributed by atoms with Gasteiger partial charge in [-0.05, 0) is 30.2 Å². The van der Waals surface area contributed by atoms with Gasteiger partial charge >= 0.3 is 0 Å². The lowest BCUT2D eigenvalue weighted by Crippen LogP contribution is -2.38. The number of amides is 1. The van der Waals surface area contributed by atoms with E-state index in [4.69, 9.17) is 5.11 Å². The molecule has 94 valence electrons. The third-order valence-electron chi connectivity index (χ3n) is 2.86. The fraction of sp³-hybridized carbons (Fsp3) is 0.583. The Bertz CT molecular complexity index is 347. The lowest BCUT2D eigenvalue weighted by atomic mass is 9.82. The molecule has 0 radical (unpaired) electrons. The predicted molar refractivity (Wildman–Crippen MR) is 72.2 cm³/mol. The first-order chi connectivity index (χ1) is 8.24. The molecule has 3 nitrogen and oxygen atoms in total. The number of carbonyl (C=O) groups is 1. The summed E-state index contributed by atoms with van der Waals surface area (Å²) in [5, 5.41) is 14.1. The fourth-order valence-corrected chi connectivity index (χ4v) is 3.51. The van der Waals surface area contributed by atoms with Crippen LogP contribution in [0, 0.1) is 5.92 Å². The Balaban J connectivity index is 1.52. The Morgan fingerprint density at radius 1 is 1.59 bits per heavy atom. The van der Waals surface area contributed by atoms with Crippen LogP contribution < -0.4 is 5.32 Å². The van der Waals surface area contributed by atoms with Crippen molar-refractivity contribution in [3.05, 3.63) is 22.4 Å². The van der Waals surface area contributed by atoms with Crippen molar-refractivity contribution in [1.29, 1.82) is 0 Å². The molecule has 0 unspecified atom stereocenters. The minimum atomic E-state index is -0.134. The largest absolute Gasteiger partial charge is 0.393 e. The van der Waals surface area contributed by atoms with Gasteiger partial charge < -0.3 is 10.4 Å². The Kier molecular flexibility index (Phi) is 4.88. The van der Waals surface area contributed by atoms with E-state index in [1.807, 2.05) is 6.07 Å². The van der Waals surface area contributed by atoms with E-state index in [1.54, 1.807) is 23.1 Å². The summed E-state index contributed by atoms with van der Waals surface area (Å²) in [5.41, 5.74) is 0. The zero-order valence-corrected chi connectivity index (χ0v) is 11.2. The summed E-state index contributed by atoms with van der Waals surface area (Å²) in [7, 11) is 0. The van der Waals surface area contributed by atoms with Crippen LogP contribution in [0.4, 0.5) is 0 Å². The lowest BCUT2D eigenvalue weighted by molar-refractivity contribution is -0.119. The number of thiophene rings is 1. The average Bonchev–Trinajstić information content (AvgIpc) is 2.76. The summed E-state index contributed by atoms with van der Waals surface area (Å²) in [5.74, 6) is 2.02. The van der Waals surface area contributed by atoms with Crippen LogP contribution in [0.25, 0.3) is 0 Å². The van der Waals surface area contributed by atoms with Crippen molar-refractivity contribution in [2.24, 2.45) is 5.92 Å². The minimum absolute atomic E-state index is 0.105. The van der Waals surface area contributed by atoms with Crippen LogP contribution in [-0.2, 0) is 10.5 Å². The molecule has 1 aliphatic carbocycles. The minimum Gasteiger partial charge on any atom is -0.393 e. The standard InChI is InChI=1S/C12H17NO2S2/c14-10-4-9(5-10)6-13-12(15)8-16-7-11-2-1-3-17-11/h1-3,9-10,14H,4-8H2,(H,13,15). The molecule has 2 N–H and O–H groups in total. The topological polar surface area (TPSA) is 49.3 Å². The van der Waals surface area contributed by atoms with Gasteiger partial charge in [0, 0.05) is 17.2 Å². The zero-order valence-electron chi connectivity index (χ0n) is 9.59. The summed E-state index contributed by atoms with van der Waals surface area (Å²) >= 11 is 3.37. The van der Waals surface area contributed by atoms with Gasteiger partial charge in [-0.3, -0.25) is 4.79 Å². The highest BCUT2D eigenvalue weighted by Gasteiger charge is 2.26. The maximum Gasteiger partial charge on any atom is 0.230 e. The maximum absolute atomic E-state index is 11.5. The van der Waals surface area contributed by atoms with Crippen molar-refractivity contribution < 1.29 is 9.90 Å². The first-order valence-corrected chi connectivity index (χ1v) is 7.82. The molecule has 0 aliphatic heterocycles. The molecule has 0 atom stereocenters. The third kappa shape index (κ3) is 4.33. The van der Waals surface area contributed by atoms with Gasteiger partial charge in [0.05, 0.1) is 11.9 Å². The van der Waals surface area contributed by atoms with Gasteiger partial charge in [-0.15, -0.1) is 23.1 Å². The van der Waals surface area contributed by atoms with Crippen molar-refractivity contribution in [3.8, 4) is 0 Å². The number of aliphatic hydroxyl groups is 1. The molecular formula is C12H17NO2S2. The second-order valence-corrected chi connectivity index (χ2v) is 6.39. The van der Waals surface area contributed by atoms with Crippen LogP contribution in [0.5, 0.6) is 0 Å². The molecule has 0 bridgehead atoms. The Labute approximate surface area is 110 Å². The molecule has 1 amide bonds. The van der Waals surface area contributed by atoms with Crippen molar-refractivity contribution in [2.45, 2.75) is 24.7 Å². The SMILES string of the molecule is O=C(CSCc1cccs1)NCC1CC(O)C1. The molecule has 1 aromatic rings. The number of hydrogen-bond acceptors (Lipinski definition) is 4. The summed E-state index contributed by atoms with van der Waals surface area (Å²) in [6.45, 7) is 0.718. The van der Waals surface area contributed by atoms with Gasteiger partial charge in [-0.25, -0.2) is 0 Å².